The zero-order chi connectivity index (χ0) is 20.5. The van der Waals surface area contributed by atoms with Crippen LogP contribution in [0.1, 0.15) is 48.0 Å². The van der Waals surface area contributed by atoms with E-state index < -0.39 is 11.7 Å². The van der Waals surface area contributed by atoms with Gasteiger partial charge in [-0.2, -0.15) is 0 Å². The number of para-hydroxylation sites is 2. The van der Waals surface area contributed by atoms with Crippen LogP contribution in [-0.2, 0) is 9.59 Å². The number of carbonyl (C=O) groups excluding carboxylic acids is 3. The van der Waals surface area contributed by atoms with Gasteiger partial charge in [0.05, 0.1) is 16.9 Å². The maximum Gasteiger partial charge on any atom is 0.262 e. The minimum absolute atomic E-state index is 0.0254. The van der Waals surface area contributed by atoms with Gasteiger partial charge >= 0.3 is 0 Å². The maximum atomic E-state index is 14.1. The van der Waals surface area contributed by atoms with Gasteiger partial charge in [-0.15, -0.1) is 0 Å². The van der Waals surface area contributed by atoms with Crippen LogP contribution in [0.25, 0.3) is 0 Å². The van der Waals surface area contributed by atoms with E-state index in [4.69, 9.17) is 4.74 Å². The second kappa shape index (κ2) is 7.66. The number of ketones is 1. The van der Waals surface area contributed by atoms with E-state index in [1.807, 2.05) is 6.07 Å². The fourth-order valence-corrected chi connectivity index (χ4v) is 3.99. The third-order valence-corrected chi connectivity index (χ3v) is 5.32. The van der Waals surface area contributed by atoms with Gasteiger partial charge in [0, 0.05) is 24.9 Å². The Morgan fingerprint density at radius 3 is 2.79 bits per heavy atom. The van der Waals surface area contributed by atoms with Gasteiger partial charge in [-0.3, -0.25) is 14.4 Å². The molecule has 2 amide bonds. The average Bonchev–Trinajstić information content (AvgIpc) is 3.25. The standard InChI is InChI=1S/C22H21FN2O4/c1-13-11-17(26)22-18(9-8-14(23)21(13)22)29-12-19(27)24-15-5-2-3-6-16(15)25-10-4-7-20(25)28/h2-3,5-6,8-9,13H,4,7,10-12H2,1H3,(H,24,27). The zero-order valence-electron chi connectivity index (χ0n) is 16.0. The molecule has 4 rings (SSSR count). The predicted octanol–water partition coefficient (Wildman–Crippen LogP) is 3.66. The number of benzene rings is 2. The lowest BCUT2D eigenvalue weighted by Crippen LogP contribution is -2.27. The molecule has 2 aliphatic rings. The van der Waals surface area contributed by atoms with Crippen molar-refractivity contribution in [2.24, 2.45) is 0 Å². The first-order chi connectivity index (χ1) is 14.0. The zero-order valence-corrected chi connectivity index (χ0v) is 16.0. The van der Waals surface area contributed by atoms with Gasteiger partial charge < -0.3 is 15.0 Å². The summed E-state index contributed by atoms with van der Waals surface area (Å²) in [6.45, 7) is 2.08. The van der Waals surface area contributed by atoms with Crippen molar-refractivity contribution in [3.8, 4) is 5.75 Å². The Labute approximate surface area is 167 Å². The molecule has 0 radical (unpaired) electrons. The van der Waals surface area contributed by atoms with E-state index >= 15 is 0 Å². The van der Waals surface area contributed by atoms with Gasteiger partial charge in [-0.25, -0.2) is 4.39 Å². The molecule has 7 heteroatoms. The van der Waals surface area contributed by atoms with Crippen LogP contribution in [0.3, 0.4) is 0 Å². The van der Waals surface area contributed by atoms with E-state index in [1.165, 1.54) is 12.1 Å². The molecule has 1 fully saturated rings. The molecule has 1 aliphatic carbocycles. The third kappa shape index (κ3) is 3.60. The molecule has 0 aromatic heterocycles. The second-order valence-corrected chi connectivity index (χ2v) is 7.37. The van der Waals surface area contributed by atoms with Crippen molar-refractivity contribution in [3.63, 3.8) is 0 Å². The molecule has 0 bridgehead atoms. The maximum absolute atomic E-state index is 14.1. The Balaban J connectivity index is 1.48. The van der Waals surface area contributed by atoms with Crippen molar-refractivity contribution in [3.05, 3.63) is 53.3 Å². The molecule has 29 heavy (non-hydrogen) atoms. The topological polar surface area (TPSA) is 75.7 Å². The number of amides is 2. The van der Waals surface area contributed by atoms with Crippen LogP contribution in [-0.4, -0.2) is 30.7 Å². The van der Waals surface area contributed by atoms with Crippen molar-refractivity contribution in [1.29, 1.82) is 0 Å². The second-order valence-electron chi connectivity index (χ2n) is 7.37. The first-order valence-corrected chi connectivity index (χ1v) is 9.63. The molecule has 1 aliphatic heterocycles. The molecule has 1 atom stereocenters. The van der Waals surface area contributed by atoms with Crippen LogP contribution in [0, 0.1) is 5.82 Å². The van der Waals surface area contributed by atoms with Crippen LogP contribution in [0.2, 0.25) is 0 Å². The van der Waals surface area contributed by atoms with Crippen molar-refractivity contribution in [2.75, 3.05) is 23.4 Å². The molecule has 150 valence electrons. The number of Topliss-reactive ketones (excluding diaryl/α,β-unsaturated/α-hetero) is 1. The number of halogens is 1. The minimum atomic E-state index is -0.431. The number of fused-ring (bicyclic) bond motifs is 1. The summed E-state index contributed by atoms with van der Waals surface area (Å²) in [5, 5.41) is 2.76. The molecule has 6 nitrogen and oxygen atoms in total. The van der Waals surface area contributed by atoms with E-state index in [-0.39, 0.29) is 41.9 Å². The monoisotopic (exact) mass is 396 g/mol. The molecule has 1 saturated heterocycles. The van der Waals surface area contributed by atoms with E-state index in [0.29, 0.717) is 29.9 Å². The van der Waals surface area contributed by atoms with Gasteiger partial charge in [-0.1, -0.05) is 19.1 Å². The molecule has 2 aromatic carbocycles. The van der Waals surface area contributed by atoms with E-state index in [0.717, 1.165) is 6.42 Å². The largest absolute Gasteiger partial charge is 0.483 e. The number of carbonyl (C=O) groups is 3. The lowest BCUT2D eigenvalue weighted by Gasteiger charge is -2.20. The fourth-order valence-electron chi connectivity index (χ4n) is 3.99. The molecule has 0 spiro atoms. The van der Waals surface area contributed by atoms with Crippen molar-refractivity contribution in [1.82, 2.24) is 0 Å². The van der Waals surface area contributed by atoms with Crippen LogP contribution in [0.5, 0.6) is 5.75 Å². The summed E-state index contributed by atoms with van der Waals surface area (Å²) in [5.74, 6) is -1.01. The van der Waals surface area contributed by atoms with Crippen LogP contribution >= 0.6 is 0 Å². The average molecular weight is 396 g/mol. The molecule has 2 aromatic rings. The van der Waals surface area contributed by atoms with Gasteiger partial charge in [0.1, 0.15) is 11.6 Å². The summed E-state index contributed by atoms with van der Waals surface area (Å²) >= 11 is 0. The highest BCUT2D eigenvalue weighted by molar-refractivity contribution is 6.04. The number of rotatable bonds is 5. The molecular formula is C22H21FN2O4. The molecule has 0 saturated carbocycles. The first-order valence-electron chi connectivity index (χ1n) is 9.63. The Morgan fingerprint density at radius 1 is 1.24 bits per heavy atom. The number of ether oxygens (including phenoxy) is 1. The van der Waals surface area contributed by atoms with Crippen LogP contribution in [0.15, 0.2) is 36.4 Å². The lowest BCUT2D eigenvalue weighted by molar-refractivity contribution is -0.118. The number of anilines is 2. The van der Waals surface area contributed by atoms with Crippen molar-refractivity contribution in [2.45, 2.75) is 32.1 Å². The lowest BCUT2D eigenvalue weighted by atomic mass is 10.0. The summed E-state index contributed by atoms with van der Waals surface area (Å²) in [7, 11) is 0. The summed E-state index contributed by atoms with van der Waals surface area (Å²) in [5.41, 5.74) is 1.75. The van der Waals surface area contributed by atoms with E-state index in [2.05, 4.69) is 5.32 Å². The highest BCUT2D eigenvalue weighted by atomic mass is 19.1. The van der Waals surface area contributed by atoms with Gasteiger partial charge in [-0.05, 0) is 36.6 Å². The number of nitrogens with one attached hydrogen (secondary N) is 1. The third-order valence-electron chi connectivity index (χ3n) is 5.32. The highest BCUT2D eigenvalue weighted by Crippen LogP contribution is 2.39. The Hall–Kier alpha value is -3.22. The summed E-state index contributed by atoms with van der Waals surface area (Å²) in [4.78, 5) is 38.4. The van der Waals surface area contributed by atoms with Gasteiger partial charge in [0.25, 0.3) is 5.91 Å². The number of hydrogen-bond acceptors (Lipinski definition) is 4. The van der Waals surface area contributed by atoms with Crippen LogP contribution in [0.4, 0.5) is 15.8 Å². The SMILES string of the molecule is CC1CC(=O)c2c(OCC(=O)Nc3ccccc3N3CCCC3=O)ccc(F)c21. The Kier molecular flexibility index (Phi) is 5.05. The molecule has 1 unspecified atom stereocenters. The van der Waals surface area contributed by atoms with Crippen LogP contribution < -0.4 is 15.0 Å². The molecule has 1 heterocycles. The first kappa shape index (κ1) is 19.1. The van der Waals surface area contributed by atoms with Crippen molar-refractivity contribution < 1.29 is 23.5 Å². The quantitative estimate of drug-likeness (QED) is 0.837. The normalized spacial score (nSPS) is 18.1. The number of hydrogen-bond donors (Lipinski definition) is 1. The Bertz CT molecular complexity index is 1000. The molecule has 1 N–H and O–H groups in total. The summed E-state index contributed by atoms with van der Waals surface area (Å²) in [6.07, 6.45) is 1.51. The van der Waals surface area contributed by atoms with E-state index in [9.17, 15) is 18.8 Å². The minimum Gasteiger partial charge on any atom is -0.483 e. The smallest absolute Gasteiger partial charge is 0.262 e. The van der Waals surface area contributed by atoms with Crippen molar-refractivity contribution >= 4 is 29.0 Å². The highest BCUT2D eigenvalue weighted by Gasteiger charge is 2.32. The molecular weight excluding hydrogens is 375 g/mol. The Morgan fingerprint density at radius 2 is 2.03 bits per heavy atom. The fraction of sp³-hybridized carbons (Fsp3) is 0.318. The predicted molar refractivity (Wildman–Crippen MR) is 106 cm³/mol. The van der Waals surface area contributed by atoms with Gasteiger partial charge in [0.2, 0.25) is 5.91 Å². The summed E-state index contributed by atoms with van der Waals surface area (Å²) < 4.78 is 19.6. The number of nitrogens with zero attached hydrogens (tertiary/aromatic N) is 1. The van der Waals surface area contributed by atoms with E-state index in [1.54, 1.807) is 30.0 Å². The van der Waals surface area contributed by atoms with Gasteiger partial charge in [0.15, 0.2) is 12.4 Å². The summed E-state index contributed by atoms with van der Waals surface area (Å²) in [6, 6.07) is 9.73.